The summed E-state index contributed by atoms with van der Waals surface area (Å²) in [6.45, 7) is 5.21. The molecule has 0 saturated heterocycles. The van der Waals surface area contributed by atoms with E-state index in [0.717, 1.165) is 6.54 Å². The summed E-state index contributed by atoms with van der Waals surface area (Å²) in [5.74, 6) is 1.18. The molecule has 0 aliphatic rings. The molecule has 4 heteroatoms. The lowest BCUT2D eigenvalue weighted by Gasteiger charge is -2.30. The van der Waals surface area contributed by atoms with Gasteiger partial charge in [0, 0.05) is 24.2 Å². The maximum Gasteiger partial charge on any atom is 0.127 e. The number of hydrogen-bond donors (Lipinski definition) is 1. The summed E-state index contributed by atoms with van der Waals surface area (Å²) in [7, 11) is 2.12. The van der Waals surface area contributed by atoms with Crippen LogP contribution in [0, 0.1) is 11.7 Å². The van der Waals surface area contributed by atoms with Crippen molar-refractivity contribution in [3.8, 4) is 0 Å². The van der Waals surface area contributed by atoms with Gasteiger partial charge in [-0.15, -0.1) is 0 Å². The first-order valence-corrected chi connectivity index (χ1v) is 8.56. The Bertz CT molecular complexity index is 400. The second-order valence-electron chi connectivity index (χ2n) is 5.59. The fraction of sp³-hybridized carbons (Fsp3) is 0.625. The molecular weight excluding hydrogens is 271 g/mol. The Morgan fingerprint density at radius 3 is 2.55 bits per heavy atom. The van der Waals surface area contributed by atoms with Gasteiger partial charge in [0.15, 0.2) is 0 Å². The number of benzene rings is 1. The molecule has 0 saturated carbocycles. The van der Waals surface area contributed by atoms with Gasteiger partial charge < -0.3 is 10.6 Å². The molecule has 1 rings (SSSR count). The molecule has 1 aromatic carbocycles. The number of hydrogen-bond acceptors (Lipinski definition) is 3. The molecule has 0 aliphatic heterocycles. The number of nitrogens with zero attached hydrogens (tertiary/aromatic N) is 1. The van der Waals surface area contributed by atoms with Crippen molar-refractivity contribution in [2.45, 2.75) is 32.4 Å². The van der Waals surface area contributed by atoms with Gasteiger partial charge in [0.25, 0.3) is 0 Å². The van der Waals surface area contributed by atoms with Gasteiger partial charge in [0.05, 0.1) is 0 Å². The fourth-order valence-corrected chi connectivity index (χ4v) is 2.89. The van der Waals surface area contributed by atoms with E-state index in [2.05, 4.69) is 32.1 Å². The van der Waals surface area contributed by atoms with Crippen molar-refractivity contribution in [1.82, 2.24) is 4.90 Å². The van der Waals surface area contributed by atoms with Crippen LogP contribution in [0.1, 0.15) is 31.9 Å². The van der Waals surface area contributed by atoms with Gasteiger partial charge >= 0.3 is 0 Å². The summed E-state index contributed by atoms with van der Waals surface area (Å²) in [5.41, 5.74) is 6.83. The molecule has 2 nitrogen and oxygen atoms in total. The topological polar surface area (TPSA) is 29.3 Å². The van der Waals surface area contributed by atoms with Crippen molar-refractivity contribution < 1.29 is 4.39 Å². The Balaban J connectivity index is 2.57. The first-order valence-electron chi connectivity index (χ1n) is 7.16. The highest BCUT2D eigenvalue weighted by atomic mass is 32.2. The molecule has 0 spiro atoms. The molecule has 3 unspecified atom stereocenters. The van der Waals surface area contributed by atoms with Crippen LogP contribution in [0.4, 0.5) is 4.39 Å². The van der Waals surface area contributed by atoms with Crippen molar-refractivity contribution in [1.29, 1.82) is 0 Å². The Morgan fingerprint density at radius 1 is 1.30 bits per heavy atom. The molecule has 0 bridgehead atoms. The van der Waals surface area contributed by atoms with E-state index < -0.39 is 0 Å². The molecule has 0 aromatic heterocycles. The molecule has 0 aliphatic carbocycles. The van der Waals surface area contributed by atoms with Crippen LogP contribution >= 0.6 is 11.8 Å². The van der Waals surface area contributed by atoms with Crippen LogP contribution in [0.25, 0.3) is 0 Å². The lowest BCUT2D eigenvalue weighted by atomic mass is 9.94. The summed E-state index contributed by atoms with van der Waals surface area (Å²) in [6.07, 6.45) is 3.29. The quantitative estimate of drug-likeness (QED) is 0.796. The van der Waals surface area contributed by atoms with Gasteiger partial charge in [0.1, 0.15) is 5.82 Å². The smallest absolute Gasteiger partial charge is 0.127 e. The number of thioether (sulfide) groups is 1. The standard InChI is InChI=1S/C16H27FN2S/c1-12(11-19(3)13(2)9-10-20-4)16(18)14-7-5-6-8-15(14)17/h5-8,12-13,16H,9-11,18H2,1-4H3. The zero-order valence-corrected chi connectivity index (χ0v) is 13.8. The molecule has 0 fully saturated rings. The molecule has 0 heterocycles. The monoisotopic (exact) mass is 298 g/mol. The number of nitrogens with two attached hydrogens (primary N) is 1. The minimum atomic E-state index is -0.258. The molecule has 0 amide bonds. The van der Waals surface area contributed by atoms with Crippen LogP contribution in [-0.4, -0.2) is 36.5 Å². The summed E-state index contributed by atoms with van der Waals surface area (Å²) < 4.78 is 13.8. The summed E-state index contributed by atoms with van der Waals surface area (Å²) in [6, 6.07) is 7.08. The molecule has 114 valence electrons. The van der Waals surface area contributed by atoms with Crippen LogP contribution in [-0.2, 0) is 0 Å². The lowest BCUT2D eigenvalue weighted by molar-refractivity contribution is 0.206. The van der Waals surface area contributed by atoms with Crippen LogP contribution in [0.3, 0.4) is 0 Å². The number of halogens is 1. The predicted molar refractivity (Wildman–Crippen MR) is 87.6 cm³/mol. The van der Waals surface area contributed by atoms with E-state index in [9.17, 15) is 4.39 Å². The average molecular weight is 298 g/mol. The zero-order chi connectivity index (χ0) is 15.1. The fourth-order valence-electron chi connectivity index (χ4n) is 2.31. The van der Waals surface area contributed by atoms with Crippen molar-refractivity contribution in [3.05, 3.63) is 35.6 Å². The summed E-state index contributed by atoms with van der Waals surface area (Å²) in [4.78, 5) is 2.32. The van der Waals surface area contributed by atoms with Crippen molar-refractivity contribution >= 4 is 11.8 Å². The second kappa shape index (κ2) is 8.65. The van der Waals surface area contributed by atoms with Gasteiger partial charge in [-0.1, -0.05) is 25.1 Å². The minimum absolute atomic E-state index is 0.204. The van der Waals surface area contributed by atoms with E-state index in [0.29, 0.717) is 11.6 Å². The van der Waals surface area contributed by atoms with Crippen LogP contribution in [0.15, 0.2) is 24.3 Å². The largest absolute Gasteiger partial charge is 0.324 e. The van der Waals surface area contributed by atoms with Crippen molar-refractivity contribution in [2.75, 3.05) is 25.6 Å². The van der Waals surface area contributed by atoms with E-state index in [-0.39, 0.29) is 17.8 Å². The van der Waals surface area contributed by atoms with Gasteiger partial charge in [0.2, 0.25) is 0 Å². The van der Waals surface area contributed by atoms with E-state index in [1.807, 2.05) is 17.8 Å². The average Bonchev–Trinajstić information content (AvgIpc) is 2.44. The van der Waals surface area contributed by atoms with Crippen LogP contribution in [0.2, 0.25) is 0 Å². The van der Waals surface area contributed by atoms with Gasteiger partial charge in [-0.25, -0.2) is 4.39 Å². The Labute approximate surface area is 126 Å². The number of rotatable bonds is 8. The molecule has 1 aromatic rings. The normalized spacial score (nSPS) is 16.1. The zero-order valence-electron chi connectivity index (χ0n) is 13.0. The third kappa shape index (κ3) is 5.08. The first kappa shape index (κ1) is 17.5. The summed E-state index contributed by atoms with van der Waals surface area (Å²) in [5, 5.41) is 0. The lowest BCUT2D eigenvalue weighted by Crippen LogP contribution is -2.37. The Kier molecular flexibility index (Phi) is 7.56. The van der Waals surface area contributed by atoms with E-state index in [1.165, 1.54) is 18.2 Å². The van der Waals surface area contributed by atoms with E-state index >= 15 is 0 Å². The molecule has 0 radical (unpaired) electrons. The third-order valence-electron chi connectivity index (χ3n) is 3.95. The summed E-state index contributed by atoms with van der Waals surface area (Å²) >= 11 is 1.87. The van der Waals surface area contributed by atoms with E-state index in [4.69, 9.17) is 5.73 Å². The van der Waals surface area contributed by atoms with Crippen molar-refractivity contribution in [2.24, 2.45) is 11.7 Å². The highest BCUT2D eigenvalue weighted by Crippen LogP contribution is 2.23. The predicted octanol–water partition coefficient (Wildman–Crippen LogP) is 3.54. The highest BCUT2D eigenvalue weighted by Gasteiger charge is 2.21. The minimum Gasteiger partial charge on any atom is -0.324 e. The molecule has 20 heavy (non-hydrogen) atoms. The third-order valence-corrected chi connectivity index (χ3v) is 4.59. The Hall–Kier alpha value is -0.580. The Morgan fingerprint density at radius 2 is 1.95 bits per heavy atom. The van der Waals surface area contributed by atoms with Gasteiger partial charge in [-0.3, -0.25) is 0 Å². The van der Waals surface area contributed by atoms with Crippen LogP contribution in [0.5, 0.6) is 0 Å². The van der Waals surface area contributed by atoms with Gasteiger partial charge in [-0.05, 0) is 44.4 Å². The van der Waals surface area contributed by atoms with E-state index in [1.54, 1.807) is 12.1 Å². The first-order chi connectivity index (χ1) is 9.47. The molecule has 2 N–H and O–H groups in total. The van der Waals surface area contributed by atoms with Gasteiger partial charge in [-0.2, -0.15) is 11.8 Å². The maximum absolute atomic E-state index is 13.8. The second-order valence-corrected chi connectivity index (χ2v) is 6.58. The van der Waals surface area contributed by atoms with Crippen LogP contribution < -0.4 is 5.73 Å². The van der Waals surface area contributed by atoms with Crippen molar-refractivity contribution in [3.63, 3.8) is 0 Å². The highest BCUT2D eigenvalue weighted by molar-refractivity contribution is 7.98. The SMILES string of the molecule is CSCCC(C)N(C)CC(C)C(N)c1ccccc1F. The molecular formula is C16H27FN2S. The maximum atomic E-state index is 13.8. The molecule has 3 atom stereocenters.